The van der Waals surface area contributed by atoms with Crippen molar-refractivity contribution in [3.05, 3.63) is 12.7 Å². The van der Waals surface area contributed by atoms with Crippen LogP contribution in [0.3, 0.4) is 0 Å². The summed E-state index contributed by atoms with van der Waals surface area (Å²) in [6, 6.07) is 0.449. The number of hydrogen-bond acceptors (Lipinski definition) is 2. The Morgan fingerprint density at radius 3 is 2.53 bits per heavy atom. The Kier molecular flexibility index (Phi) is 5.96. The van der Waals surface area contributed by atoms with Crippen LogP contribution in [0.25, 0.3) is 0 Å². The second-order valence-electron chi connectivity index (χ2n) is 4.87. The lowest BCUT2D eigenvalue weighted by Crippen LogP contribution is -2.41. The molecule has 0 amide bonds. The van der Waals surface area contributed by atoms with E-state index in [2.05, 4.69) is 18.9 Å². The molecule has 1 atom stereocenters. The van der Waals surface area contributed by atoms with Crippen molar-refractivity contribution in [3.63, 3.8) is 0 Å². The highest BCUT2D eigenvalue weighted by molar-refractivity contribution is 4.85. The molecule has 0 heterocycles. The van der Waals surface area contributed by atoms with Gasteiger partial charge in [-0.1, -0.05) is 38.7 Å². The van der Waals surface area contributed by atoms with Gasteiger partial charge in [0.2, 0.25) is 0 Å². The molecule has 0 aromatic rings. The second kappa shape index (κ2) is 7.02. The molecule has 2 nitrogen and oxygen atoms in total. The van der Waals surface area contributed by atoms with E-state index >= 15 is 0 Å². The first-order chi connectivity index (χ1) is 7.31. The molecule has 1 rings (SSSR count). The highest BCUT2D eigenvalue weighted by Gasteiger charge is 2.25. The first-order valence-electron chi connectivity index (χ1n) is 6.38. The van der Waals surface area contributed by atoms with Crippen molar-refractivity contribution < 1.29 is 0 Å². The van der Waals surface area contributed by atoms with Gasteiger partial charge in [-0.3, -0.25) is 11.3 Å². The minimum atomic E-state index is 0.449. The summed E-state index contributed by atoms with van der Waals surface area (Å²) < 4.78 is 0. The van der Waals surface area contributed by atoms with E-state index in [1.165, 1.54) is 38.5 Å². The zero-order valence-electron chi connectivity index (χ0n) is 10.0. The summed E-state index contributed by atoms with van der Waals surface area (Å²) in [5.74, 6) is 7.33. The number of nitrogens with one attached hydrogen (secondary N) is 1. The van der Waals surface area contributed by atoms with Gasteiger partial charge < -0.3 is 0 Å². The topological polar surface area (TPSA) is 38.0 Å². The minimum absolute atomic E-state index is 0.449. The SMILES string of the molecule is C=CCC(NN)C1CCC(CCC)CC1. The van der Waals surface area contributed by atoms with E-state index in [9.17, 15) is 0 Å². The van der Waals surface area contributed by atoms with Crippen molar-refractivity contribution in [1.29, 1.82) is 0 Å². The highest BCUT2D eigenvalue weighted by atomic mass is 15.2. The molecule has 0 aliphatic heterocycles. The van der Waals surface area contributed by atoms with Crippen molar-refractivity contribution in [2.45, 2.75) is 57.9 Å². The van der Waals surface area contributed by atoms with Crippen LogP contribution in [0.4, 0.5) is 0 Å². The van der Waals surface area contributed by atoms with Gasteiger partial charge in [0.15, 0.2) is 0 Å². The average molecular weight is 210 g/mol. The normalized spacial score (nSPS) is 28.7. The van der Waals surface area contributed by atoms with Crippen LogP contribution in [0, 0.1) is 11.8 Å². The van der Waals surface area contributed by atoms with E-state index in [4.69, 9.17) is 5.84 Å². The van der Waals surface area contributed by atoms with Crippen LogP contribution < -0.4 is 11.3 Å². The molecule has 0 bridgehead atoms. The van der Waals surface area contributed by atoms with Gasteiger partial charge in [-0.05, 0) is 31.1 Å². The van der Waals surface area contributed by atoms with Crippen LogP contribution >= 0.6 is 0 Å². The van der Waals surface area contributed by atoms with E-state index in [-0.39, 0.29) is 0 Å². The monoisotopic (exact) mass is 210 g/mol. The Balaban J connectivity index is 2.31. The standard InChI is InChI=1S/C13H26N2/c1-3-5-11-7-9-12(10-8-11)13(15-14)6-4-2/h4,11-13,15H,2-3,5-10,14H2,1H3. The van der Waals surface area contributed by atoms with Gasteiger partial charge in [0.05, 0.1) is 0 Å². The van der Waals surface area contributed by atoms with Crippen LogP contribution in [0.5, 0.6) is 0 Å². The molecule has 0 aromatic heterocycles. The number of rotatable bonds is 6. The summed E-state index contributed by atoms with van der Waals surface area (Å²) in [5, 5.41) is 0. The second-order valence-corrected chi connectivity index (χ2v) is 4.87. The van der Waals surface area contributed by atoms with Gasteiger partial charge in [-0.2, -0.15) is 0 Å². The molecule has 0 spiro atoms. The fraction of sp³-hybridized carbons (Fsp3) is 0.846. The predicted octanol–water partition coefficient (Wildman–Crippen LogP) is 3.00. The summed E-state index contributed by atoms with van der Waals surface area (Å²) in [7, 11) is 0. The maximum atomic E-state index is 5.59. The molecule has 1 aliphatic rings. The zero-order valence-corrected chi connectivity index (χ0v) is 10.0. The molecule has 0 saturated heterocycles. The lowest BCUT2D eigenvalue weighted by Gasteiger charge is -2.33. The predicted molar refractivity (Wildman–Crippen MR) is 66.3 cm³/mol. The molecular formula is C13H26N2. The fourth-order valence-corrected chi connectivity index (χ4v) is 2.86. The summed E-state index contributed by atoms with van der Waals surface area (Å²) >= 11 is 0. The molecule has 1 fully saturated rings. The van der Waals surface area contributed by atoms with Crippen LogP contribution in [0.1, 0.15) is 51.9 Å². The van der Waals surface area contributed by atoms with Crippen LogP contribution in [-0.4, -0.2) is 6.04 Å². The first-order valence-corrected chi connectivity index (χ1v) is 6.38. The Labute approximate surface area is 94.3 Å². The third-order valence-corrected chi connectivity index (χ3v) is 3.79. The Bertz CT molecular complexity index is 171. The van der Waals surface area contributed by atoms with Crippen LogP contribution in [-0.2, 0) is 0 Å². The lowest BCUT2D eigenvalue weighted by atomic mass is 9.76. The summed E-state index contributed by atoms with van der Waals surface area (Å²) in [6.45, 7) is 6.08. The van der Waals surface area contributed by atoms with Gasteiger partial charge in [-0.25, -0.2) is 0 Å². The molecule has 1 aliphatic carbocycles. The van der Waals surface area contributed by atoms with E-state index in [1.54, 1.807) is 0 Å². The van der Waals surface area contributed by atoms with Gasteiger partial charge in [-0.15, -0.1) is 6.58 Å². The summed E-state index contributed by atoms with van der Waals surface area (Å²) in [5.41, 5.74) is 2.95. The van der Waals surface area contributed by atoms with Crippen molar-refractivity contribution in [2.24, 2.45) is 17.7 Å². The van der Waals surface area contributed by atoms with E-state index in [0.29, 0.717) is 6.04 Å². The maximum absolute atomic E-state index is 5.59. The van der Waals surface area contributed by atoms with Crippen molar-refractivity contribution in [2.75, 3.05) is 0 Å². The molecule has 0 radical (unpaired) electrons. The van der Waals surface area contributed by atoms with Crippen LogP contribution in [0.2, 0.25) is 0 Å². The summed E-state index contributed by atoms with van der Waals surface area (Å²) in [4.78, 5) is 0. The third kappa shape index (κ3) is 3.96. The number of hydrogen-bond donors (Lipinski definition) is 2. The summed E-state index contributed by atoms with van der Waals surface area (Å²) in [6.07, 6.45) is 11.2. The molecule has 3 N–H and O–H groups in total. The van der Waals surface area contributed by atoms with Gasteiger partial charge in [0, 0.05) is 6.04 Å². The average Bonchev–Trinajstić information content (AvgIpc) is 2.28. The van der Waals surface area contributed by atoms with Crippen LogP contribution in [0.15, 0.2) is 12.7 Å². The van der Waals surface area contributed by atoms with Gasteiger partial charge >= 0.3 is 0 Å². The van der Waals surface area contributed by atoms with Gasteiger partial charge in [0.1, 0.15) is 0 Å². The molecule has 2 heteroatoms. The largest absolute Gasteiger partial charge is 0.271 e. The van der Waals surface area contributed by atoms with E-state index in [0.717, 1.165) is 18.3 Å². The third-order valence-electron chi connectivity index (χ3n) is 3.79. The van der Waals surface area contributed by atoms with E-state index < -0.39 is 0 Å². The molecule has 0 aromatic carbocycles. The Morgan fingerprint density at radius 1 is 1.40 bits per heavy atom. The molecular weight excluding hydrogens is 184 g/mol. The Morgan fingerprint density at radius 2 is 2.07 bits per heavy atom. The van der Waals surface area contributed by atoms with Gasteiger partial charge in [0.25, 0.3) is 0 Å². The fourth-order valence-electron chi connectivity index (χ4n) is 2.86. The molecule has 1 unspecified atom stereocenters. The van der Waals surface area contributed by atoms with Crippen molar-refractivity contribution in [1.82, 2.24) is 5.43 Å². The van der Waals surface area contributed by atoms with Crippen molar-refractivity contribution >= 4 is 0 Å². The number of hydrazine groups is 1. The maximum Gasteiger partial charge on any atom is 0.0273 e. The quantitative estimate of drug-likeness (QED) is 0.402. The lowest BCUT2D eigenvalue weighted by molar-refractivity contribution is 0.214. The smallest absolute Gasteiger partial charge is 0.0273 e. The zero-order chi connectivity index (χ0) is 11.1. The van der Waals surface area contributed by atoms with E-state index in [1.807, 2.05) is 6.08 Å². The Hall–Kier alpha value is -0.340. The molecule has 88 valence electrons. The van der Waals surface area contributed by atoms with Crippen molar-refractivity contribution in [3.8, 4) is 0 Å². The molecule has 1 saturated carbocycles. The first kappa shape index (κ1) is 12.7. The number of nitrogens with two attached hydrogens (primary N) is 1. The molecule has 15 heavy (non-hydrogen) atoms. The minimum Gasteiger partial charge on any atom is -0.271 e. The highest BCUT2D eigenvalue weighted by Crippen LogP contribution is 2.33.